The van der Waals surface area contributed by atoms with Crippen molar-refractivity contribution in [2.45, 2.75) is 51.0 Å². The van der Waals surface area contributed by atoms with E-state index in [1.165, 1.54) is 18.7 Å². The first-order valence-corrected chi connectivity index (χ1v) is 8.88. The Hall–Kier alpha value is -1.14. The van der Waals surface area contributed by atoms with Crippen LogP contribution in [-0.4, -0.2) is 19.4 Å². The van der Waals surface area contributed by atoms with E-state index in [2.05, 4.69) is 30.5 Å². The van der Waals surface area contributed by atoms with E-state index >= 15 is 0 Å². The second-order valence-corrected chi connectivity index (χ2v) is 9.04. The summed E-state index contributed by atoms with van der Waals surface area (Å²) in [6.45, 7) is 6.53. The third-order valence-electron chi connectivity index (χ3n) is 5.63. The van der Waals surface area contributed by atoms with E-state index in [4.69, 9.17) is 5.73 Å². The van der Waals surface area contributed by atoms with E-state index in [0.29, 0.717) is 5.92 Å². The van der Waals surface area contributed by atoms with E-state index in [1.54, 1.807) is 6.07 Å². The van der Waals surface area contributed by atoms with E-state index in [0.717, 1.165) is 12.8 Å². The van der Waals surface area contributed by atoms with Gasteiger partial charge in [-0.05, 0) is 48.1 Å². The molecule has 2 aliphatic carbocycles. The Morgan fingerprint density at radius 2 is 2.10 bits per heavy atom. The van der Waals surface area contributed by atoms with Gasteiger partial charge in [0, 0.05) is 12.2 Å². The minimum Gasteiger partial charge on any atom is -0.383 e. The van der Waals surface area contributed by atoms with Crippen LogP contribution in [0.25, 0.3) is 0 Å². The van der Waals surface area contributed by atoms with Gasteiger partial charge in [0.25, 0.3) is 0 Å². The van der Waals surface area contributed by atoms with Crippen LogP contribution in [0.1, 0.15) is 40.0 Å². The van der Waals surface area contributed by atoms with Crippen LogP contribution in [0, 0.1) is 16.7 Å². The van der Waals surface area contributed by atoms with Gasteiger partial charge in [-0.15, -0.1) is 0 Å². The van der Waals surface area contributed by atoms with Crippen LogP contribution in [-0.2, 0) is 10.0 Å². The van der Waals surface area contributed by atoms with Crippen molar-refractivity contribution in [3.8, 4) is 0 Å². The van der Waals surface area contributed by atoms with Gasteiger partial charge in [-0.25, -0.2) is 18.1 Å². The highest BCUT2D eigenvalue weighted by Gasteiger charge is 2.60. The summed E-state index contributed by atoms with van der Waals surface area (Å²) in [5, 5.41) is 0. The maximum absolute atomic E-state index is 12.7. The Morgan fingerprint density at radius 1 is 1.38 bits per heavy atom. The number of nitrogens with one attached hydrogen (secondary N) is 1. The summed E-state index contributed by atoms with van der Waals surface area (Å²) in [4.78, 5) is 3.96. The molecule has 0 aliphatic heterocycles. The number of fused-ring (bicyclic) bond motifs is 2. The molecule has 0 aromatic carbocycles. The summed E-state index contributed by atoms with van der Waals surface area (Å²) in [5.41, 5.74) is 5.74. The predicted molar refractivity (Wildman–Crippen MR) is 82.0 cm³/mol. The number of rotatable bonds is 3. The van der Waals surface area contributed by atoms with Crippen LogP contribution in [0.15, 0.2) is 23.2 Å². The number of pyridine rings is 1. The third-order valence-corrected chi connectivity index (χ3v) is 7.10. The molecule has 21 heavy (non-hydrogen) atoms. The second kappa shape index (κ2) is 4.43. The number of sulfonamides is 1. The molecule has 0 amide bonds. The number of nitrogens with two attached hydrogens (primary N) is 1. The number of nitrogen functional groups attached to an aromatic ring is 1. The molecule has 0 spiro atoms. The summed E-state index contributed by atoms with van der Waals surface area (Å²) >= 11 is 0. The van der Waals surface area contributed by atoms with Crippen LogP contribution in [0.4, 0.5) is 5.82 Å². The number of nitrogens with zero attached hydrogens (tertiary/aromatic N) is 1. The number of aromatic nitrogens is 1. The van der Waals surface area contributed by atoms with Gasteiger partial charge in [0.1, 0.15) is 10.7 Å². The maximum atomic E-state index is 12.7. The van der Waals surface area contributed by atoms with Gasteiger partial charge < -0.3 is 5.73 Å². The van der Waals surface area contributed by atoms with Crippen molar-refractivity contribution in [3.63, 3.8) is 0 Å². The summed E-state index contributed by atoms with van der Waals surface area (Å²) in [5.74, 6) is 0.637. The molecule has 116 valence electrons. The standard InChI is InChI=1S/C15H23N3O2S/c1-14(2)10-6-7-15(3,9-10)13(14)18-21(19,20)11-5-4-8-17-12(11)16/h4-5,8,10,13,18H,6-7,9H2,1-3H3,(H2,16,17). The molecule has 0 saturated heterocycles. The number of hydrogen-bond donors (Lipinski definition) is 2. The van der Waals surface area contributed by atoms with Crippen LogP contribution in [0.3, 0.4) is 0 Å². The first kappa shape index (κ1) is 14.8. The molecule has 2 saturated carbocycles. The maximum Gasteiger partial charge on any atom is 0.244 e. The molecule has 1 heterocycles. The van der Waals surface area contributed by atoms with Crippen molar-refractivity contribution >= 4 is 15.8 Å². The van der Waals surface area contributed by atoms with Crippen molar-refractivity contribution < 1.29 is 8.42 Å². The van der Waals surface area contributed by atoms with Crippen molar-refractivity contribution in [2.75, 3.05) is 5.73 Å². The zero-order valence-electron chi connectivity index (χ0n) is 12.8. The molecule has 2 aliphatic rings. The van der Waals surface area contributed by atoms with E-state index in [9.17, 15) is 8.42 Å². The molecular weight excluding hydrogens is 286 g/mol. The van der Waals surface area contributed by atoms with Crippen LogP contribution >= 0.6 is 0 Å². The molecule has 3 N–H and O–H groups in total. The van der Waals surface area contributed by atoms with Crippen molar-refractivity contribution in [1.82, 2.24) is 9.71 Å². The van der Waals surface area contributed by atoms with Crippen LogP contribution in [0.2, 0.25) is 0 Å². The minimum absolute atomic E-state index is 0.0307. The topological polar surface area (TPSA) is 85.1 Å². The molecule has 1 aromatic rings. The van der Waals surface area contributed by atoms with Crippen molar-refractivity contribution in [3.05, 3.63) is 18.3 Å². The lowest BCUT2D eigenvalue weighted by molar-refractivity contribution is 0.127. The third kappa shape index (κ3) is 2.16. The number of hydrogen-bond acceptors (Lipinski definition) is 4. The fourth-order valence-corrected chi connectivity index (χ4v) is 6.06. The Bertz CT molecular complexity index is 666. The largest absolute Gasteiger partial charge is 0.383 e. The van der Waals surface area contributed by atoms with Crippen molar-refractivity contribution in [1.29, 1.82) is 0 Å². The van der Waals surface area contributed by atoms with Gasteiger partial charge in [0.2, 0.25) is 10.0 Å². The van der Waals surface area contributed by atoms with E-state index < -0.39 is 10.0 Å². The van der Waals surface area contributed by atoms with Gasteiger partial charge in [-0.1, -0.05) is 20.8 Å². The normalized spacial score (nSPS) is 34.2. The Morgan fingerprint density at radius 3 is 2.67 bits per heavy atom. The molecule has 0 radical (unpaired) electrons. The molecule has 2 fully saturated rings. The van der Waals surface area contributed by atoms with Crippen LogP contribution in [0.5, 0.6) is 0 Å². The lowest BCUT2D eigenvalue weighted by atomic mass is 9.69. The quantitative estimate of drug-likeness (QED) is 0.896. The van der Waals surface area contributed by atoms with Gasteiger partial charge in [-0.2, -0.15) is 0 Å². The lowest BCUT2D eigenvalue weighted by Crippen LogP contribution is -2.52. The summed E-state index contributed by atoms with van der Waals surface area (Å²) in [7, 11) is -3.64. The fraction of sp³-hybridized carbons (Fsp3) is 0.667. The monoisotopic (exact) mass is 309 g/mol. The Labute approximate surface area is 126 Å². The van der Waals surface area contributed by atoms with Crippen molar-refractivity contribution in [2.24, 2.45) is 16.7 Å². The molecular formula is C15H23N3O2S. The number of anilines is 1. The highest BCUT2D eigenvalue weighted by atomic mass is 32.2. The zero-order valence-corrected chi connectivity index (χ0v) is 13.6. The summed E-state index contributed by atoms with van der Waals surface area (Å²) < 4.78 is 28.3. The van der Waals surface area contributed by atoms with Gasteiger partial charge in [0.15, 0.2) is 0 Å². The first-order valence-electron chi connectivity index (χ1n) is 7.40. The summed E-state index contributed by atoms with van der Waals surface area (Å²) in [6.07, 6.45) is 4.86. The zero-order chi connectivity index (χ0) is 15.5. The van der Waals surface area contributed by atoms with Gasteiger partial charge in [0.05, 0.1) is 0 Å². The lowest BCUT2D eigenvalue weighted by Gasteiger charge is -2.42. The molecule has 5 nitrogen and oxygen atoms in total. The van der Waals surface area contributed by atoms with Gasteiger partial charge in [-0.3, -0.25) is 0 Å². The Kier molecular flexibility index (Phi) is 3.12. The molecule has 3 atom stereocenters. The minimum atomic E-state index is -3.64. The smallest absolute Gasteiger partial charge is 0.244 e. The molecule has 3 rings (SSSR count). The molecule has 1 aromatic heterocycles. The molecule has 2 bridgehead atoms. The predicted octanol–water partition coefficient (Wildman–Crippen LogP) is 2.16. The highest BCUT2D eigenvalue weighted by Crippen LogP contribution is 2.62. The highest BCUT2D eigenvalue weighted by molar-refractivity contribution is 7.89. The average molecular weight is 309 g/mol. The first-order chi connectivity index (χ1) is 9.67. The molecule has 3 unspecified atom stereocenters. The fourth-order valence-electron chi connectivity index (χ4n) is 4.44. The van der Waals surface area contributed by atoms with Gasteiger partial charge >= 0.3 is 0 Å². The second-order valence-electron chi connectivity index (χ2n) is 7.36. The molecule has 6 heteroatoms. The SMILES string of the molecule is CC12CCC(C1)C(C)(C)C2NS(=O)(=O)c1cccnc1N. The average Bonchev–Trinajstić information content (AvgIpc) is 2.86. The Balaban J connectivity index is 1.95. The van der Waals surface area contributed by atoms with Crippen LogP contribution < -0.4 is 10.5 Å². The van der Waals surface area contributed by atoms with E-state index in [-0.39, 0.29) is 27.6 Å². The van der Waals surface area contributed by atoms with E-state index in [1.807, 2.05) is 0 Å². The summed E-state index contributed by atoms with van der Waals surface area (Å²) in [6, 6.07) is 3.04.